The summed E-state index contributed by atoms with van der Waals surface area (Å²) in [4.78, 5) is 4.56. The normalized spacial score (nSPS) is 14.9. The number of pyridine rings is 1. The summed E-state index contributed by atoms with van der Waals surface area (Å²) in [6, 6.07) is 25.4. The van der Waals surface area contributed by atoms with Crippen LogP contribution in [-0.2, 0) is 0 Å². The summed E-state index contributed by atoms with van der Waals surface area (Å²) in [6.07, 6.45) is 8.33. The highest BCUT2D eigenvalue weighted by molar-refractivity contribution is 6.33. The first kappa shape index (κ1) is 19.6. The van der Waals surface area contributed by atoms with Crippen molar-refractivity contribution in [3.05, 3.63) is 89.6 Å². The van der Waals surface area contributed by atoms with Crippen LogP contribution in [0.15, 0.2) is 83.4 Å². The summed E-state index contributed by atoms with van der Waals surface area (Å²) >= 11 is 6.64. The van der Waals surface area contributed by atoms with Gasteiger partial charge in [0.2, 0.25) is 0 Å². The van der Waals surface area contributed by atoms with Crippen LogP contribution in [0.25, 0.3) is 44.3 Å². The molecule has 0 atom stereocenters. The van der Waals surface area contributed by atoms with Crippen LogP contribution in [0.5, 0.6) is 0 Å². The minimum atomic E-state index is 0.625. The van der Waals surface area contributed by atoms with Crippen LogP contribution >= 0.6 is 11.6 Å². The number of aromatic nitrogens is 1. The van der Waals surface area contributed by atoms with Crippen molar-refractivity contribution in [1.82, 2.24) is 4.98 Å². The largest absolute Gasteiger partial charge is 0.455 e. The Morgan fingerprint density at radius 2 is 1.62 bits per heavy atom. The molecule has 0 aliphatic heterocycles. The average Bonchev–Trinajstić information content (AvgIpc) is 3.24. The first-order valence-corrected chi connectivity index (χ1v) is 11.8. The molecule has 0 saturated heterocycles. The first-order chi connectivity index (χ1) is 15.8. The summed E-state index contributed by atoms with van der Waals surface area (Å²) in [6.45, 7) is 0. The molecule has 0 spiro atoms. The van der Waals surface area contributed by atoms with Gasteiger partial charge in [-0.3, -0.25) is 4.98 Å². The van der Waals surface area contributed by atoms with Crippen LogP contribution < -0.4 is 0 Å². The van der Waals surface area contributed by atoms with E-state index in [0.717, 1.165) is 44.3 Å². The molecule has 1 aliphatic carbocycles. The van der Waals surface area contributed by atoms with Gasteiger partial charge in [0.05, 0.1) is 10.7 Å². The molecule has 5 aromatic rings. The number of benzene rings is 3. The quantitative estimate of drug-likeness (QED) is 0.281. The minimum absolute atomic E-state index is 0.625. The molecule has 0 unspecified atom stereocenters. The SMILES string of the molecule is Clc1cnc(-c2ccccc2)cc1-c1cccc2c1oc1cc(C3CCCCC3)ccc12. The lowest BCUT2D eigenvalue weighted by molar-refractivity contribution is 0.443. The van der Waals surface area contributed by atoms with Gasteiger partial charge >= 0.3 is 0 Å². The molecule has 0 bridgehead atoms. The van der Waals surface area contributed by atoms with Crippen LogP contribution in [0.1, 0.15) is 43.6 Å². The Balaban J connectivity index is 1.50. The molecule has 1 aliphatic rings. The smallest absolute Gasteiger partial charge is 0.143 e. The maximum Gasteiger partial charge on any atom is 0.143 e. The lowest BCUT2D eigenvalue weighted by Gasteiger charge is -2.21. The summed E-state index contributed by atoms with van der Waals surface area (Å²) in [5.74, 6) is 0.656. The molecule has 32 heavy (non-hydrogen) atoms. The Morgan fingerprint density at radius 3 is 2.47 bits per heavy atom. The zero-order chi connectivity index (χ0) is 21.5. The van der Waals surface area contributed by atoms with Gasteiger partial charge < -0.3 is 4.42 Å². The lowest BCUT2D eigenvalue weighted by Crippen LogP contribution is -2.03. The van der Waals surface area contributed by atoms with Gasteiger partial charge in [0.1, 0.15) is 11.2 Å². The third-order valence-corrected chi connectivity index (χ3v) is 7.12. The summed E-state index contributed by atoms with van der Waals surface area (Å²) < 4.78 is 6.49. The van der Waals surface area contributed by atoms with Crippen molar-refractivity contribution in [3.63, 3.8) is 0 Å². The van der Waals surface area contributed by atoms with Crippen LogP contribution in [0.2, 0.25) is 5.02 Å². The molecule has 3 aromatic carbocycles. The van der Waals surface area contributed by atoms with Gasteiger partial charge in [0.25, 0.3) is 0 Å². The Morgan fingerprint density at radius 1 is 0.781 bits per heavy atom. The van der Waals surface area contributed by atoms with E-state index in [1.807, 2.05) is 18.2 Å². The summed E-state index contributed by atoms with van der Waals surface area (Å²) in [5.41, 5.74) is 7.17. The Bertz CT molecular complexity index is 1410. The van der Waals surface area contributed by atoms with Crippen LogP contribution in [0.3, 0.4) is 0 Å². The molecule has 3 heteroatoms. The molecule has 2 aromatic heterocycles. The Kier molecular flexibility index (Phi) is 4.96. The van der Waals surface area contributed by atoms with Gasteiger partial charge in [0.15, 0.2) is 0 Å². The van der Waals surface area contributed by atoms with Crippen LogP contribution in [-0.4, -0.2) is 4.98 Å². The van der Waals surface area contributed by atoms with Crippen molar-refractivity contribution < 1.29 is 4.42 Å². The van der Waals surface area contributed by atoms with E-state index in [1.165, 1.54) is 37.7 Å². The molecule has 0 N–H and O–H groups in total. The standard InChI is InChI=1S/C29H24ClNO/c30-26-18-31-27(20-10-5-2-6-11-20)17-25(26)24-13-7-12-23-22-15-14-21(16-28(22)32-29(23)24)19-8-3-1-4-9-19/h2,5-7,10-19H,1,3-4,8-9H2. The molecular formula is C29H24ClNO. The number of para-hydroxylation sites is 1. The predicted octanol–water partition coefficient (Wildman–Crippen LogP) is 9.02. The summed E-state index contributed by atoms with van der Waals surface area (Å²) in [5, 5.41) is 2.91. The van der Waals surface area contributed by atoms with Crippen molar-refractivity contribution in [2.45, 2.75) is 38.0 Å². The molecule has 0 amide bonds. The van der Waals surface area contributed by atoms with Crippen molar-refractivity contribution in [1.29, 1.82) is 0 Å². The third-order valence-electron chi connectivity index (χ3n) is 6.81. The van der Waals surface area contributed by atoms with E-state index in [0.29, 0.717) is 10.9 Å². The molecule has 158 valence electrons. The summed E-state index contributed by atoms with van der Waals surface area (Å²) in [7, 11) is 0. The fraction of sp³-hybridized carbons (Fsp3) is 0.207. The number of nitrogens with zero attached hydrogens (tertiary/aromatic N) is 1. The monoisotopic (exact) mass is 437 g/mol. The second-order valence-electron chi connectivity index (χ2n) is 8.79. The molecule has 1 saturated carbocycles. The highest BCUT2D eigenvalue weighted by atomic mass is 35.5. The van der Waals surface area contributed by atoms with E-state index in [4.69, 9.17) is 16.0 Å². The maximum atomic E-state index is 6.64. The highest BCUT2D eigenvalue weighted by Crippen LogP contribution is 2.41. The highest BCUT2D eigenvalue weighted by Gasteiger charge is 2.19. The number of halogens is 1. The fourth-order valence-corrected chi connectivity index (χ4v) is 5.33. The number of rotatable bonds is 3. The van der Waals surface area contributed by atoms with Gasteiger partial charge in [-0.05, 0) is 36.5 Å². The molecular weight excluding hydrogens is 414 g/mol. The van der Waals surface area contributed by atoms with Crippen molar-refractivity contribution in [3.8, 4) is 22.4 Å². The van der Waals surface area contributed by atoms with E-state index in [1.54, 1.807) is 6.20 Å². The van der Waals surface area contributed by atoms with Gasteiger partial charge in [-0.2, -0.15) is 0 Å². The molecule has 6 rings (SSSR count). The Hall–Kier alpha value is -3.10. The van der Waals surface area contributed by atoms with Crippen molar-refractivity contribution in [2.24, 2.45) is 0 Å². The van der Waals surface area contributed by atoms with Gasteiger partial charge in [0, 0.05) is 33.7 Å². The maximum absolute atomic E-state index is 6.64. The van der Waals surface area contributed by atoms with Crippen molar-refractivity contribution >= 4 is 33.5 Å². The van der Waals surface area contributed by atoms with E-state index < -0.39 is 0 Å². The zero-order valence-electron chi connectivity index (χ0n) is 17.9. The van der Waals surface area contributed by atoms with E-state index in [-0.39, 0.29) is 0 Å². The third kappa shape index (κ3) is 3.40. The van der Waals surface area contributed by atoms with Crippen LogP contribution in [0.4, 0.5) is 0 Å². The first-order valence-electron chi connectivity index (χ1n) is 11.4. The number of hydrogen-bond acceptors (Lipinski definition) is 2. The molecule has 2 heterocycles. The van der Waals surface area contributed by atoms with E-state index >= 15 is 0 Å². The number of hydrogen-bond donors (Lipinski definition) is 0. The van der Waals surface area contributed by atoms with Gasteiger partial charge in [-0.25, -0.2) is 0 Å². The topological polar surface area (TPSA) is 26.0 Å². The second-order valence-corrected chi connectivity index (χ2v) is 9.20. The molecule has 0 radical (unpaired) electrons. The molecule has 2 nitrogen and oxygen atoms in total. The van der Waals surface area contributed by atoms with Crippen LogP contribution in [0, 0.1) is 0 Å². The predicted molar refractivity (Wildman–Crippen MR) is 133 cm³/mol. The molecule has 1 fully saturated rings. The number of fused-ring (bicyclic) bond motifs is 3. The zero-order valence-corrected chi connectivity index (χ0v) is 18.6. The average molecular weight is 438 g/mol. The lowest BCUT2D eigenvalue weighted by atomic mass is 9.84. The van der Waals surface area contributed by atoms with E-state index in [9.17, 15) is 0 Å². The second kappa shape index (κ2) is 8.11. The van der Waals surface area contributed by atoms with Gasteiger partial charge in [-0.15, -0.1) is 0 Å². The van der Waals surface area contributed by atoms with Crippen molar-refractivity contribution in [2.75, 3.05) is 0 Å². The minimum Gasteiger partial charge on any atom is -0.455 e. The number of furan rings is 1. The van der Waals surface area contributed by atoms with E-state index in [2.05, 4.69) is 59.6 Å². The fourth-order valence-electron chi connectivity index (χ4n) is 5.13. The Labute approximate surface area is 192 Å². The van der Waals surface area contributed by atoms with Gasteiger partial charge in [-0.1, -0.05) is 91.5 Å².